The molecule has 1 amide bonds. The van der Waals surface area contributed by atoms with E-state index in [1.807, 2.05) is 48.5 Å². The first-order valence-electron chi connectivity index (χ1n) is 7.70. The molecule has 4 rings (SSSR count). The van der Waals surface area contributed by atoms with Crippen molar-refractivity contribution < 1.29 is 4.79 Å². The van der Waals surface area contributed by atoms with Crippen LogP contribution >= 0.6 is 0 Å². The van der Waals surface area contributed by atoms with Crippen molar-refractivity contribution in [1.82, 2.24) is 19.9 Å². The number of carbonyl (C=O) groups is 1. The summed E-state index contributed by atoms with van der Waals surface area (Å²) in [7, 11) is 0. The molecule has 1 N–H and O–H groups in total. The zero-order chi connectivity index (χ0) is 17.1. The van der Waals surface area contributed by atoms with Gasteiger partial charge in [-0.2, -0.15) is 0 Å². The maximum Gasteiger partial charge on any atom is 0.294 e. The monoisotopic (exact) mass is 327 g/mol. The highest BCUT2D eigenvalue weighted by molar-refractivity contribution is 6.01. The van der Waals surface area contributed by atoms with E-state index in [-0.39, 0.29) is 5.82 Å². The molecule has 0 saturated carbocycles. The zero-order valence-corrected chi connectivity index (χ0v) is 13.1. The first-order chi connectivity index (χ1) is 12.3. The number of hydrogen-bond acceptors (Lipinski definition) is 5. The van der Waals surface area contributed by atoms with E-state index >= 15 is 0 Å². The summed E-state index contributed by atoms with van der Waals surface area (Å²) in [4.78, 5) is 29.1. The second-order valence-corrected chi connectivity index (χ2v) is 5.36. The molecule has 0 unspecified atom stereocenters. The van der Waals surface area contributed by atoms with Crippen molar-refractivity contribution in [3.8, 4) is 11.1 Å². The van der Waals surface area contributed by atoms with Crippen molar-refractivity contribution in [2.45, 2.75) is 0 Å². The summed E-state index contributed by atoms with van der Waals surface area (Å²) in [6.07, 6.45) is 4.92. The van der Waals surface area contributed by atoms with Crippen LogP contribution in [0.15, 0.2) is 73.2 Å². The van der Waals surface area contributed by atoms with Crippen LogP contribution in [0.5, 0.6) is 0 Å². The molecular formula is C19H13N5O. The molecule has 0 bridgehead atoms. The summed E-state index contributed by atoms with van der Waals surface area (Å²) in [5.41, 5.74) is 2.42. The van der Waals surface area contributed by atoms with Gasteiger partial charge in [0.2, 0.25) is 5.82 Å². The summed E-state index contributed by atoms with van der Waals surface area (Å²) in [5, 5.41) is 3.60. The van der Waals surface area contributed by atoms with Crippen LogP contribution in [0.4, 0.5) is 5.82 Å². The Balaban J connectivity index is 1.54. The lowest BCUT2D eigenvalue weighted by molar-refractivity contribution is 0.101. The van der Waals surface area contributed by atoms with Gasteiger partial charge in [-0.3, -0.25) is 4.79 Å². The van der Waals surface area contributed by atoms with Crippen molar-refractivity contribution in [3.63, 3.8) is 0 Å². The van der Waals surface area contributed by atoms with Gasteiger partial charge in [-0.1, -0.05) is 30.3 Å². The molecule has 25 heavy (non-hydrogen) atoms. The molecular weight excluding hydrogens is 314 g/mol. The van der Waals surface area contributed by atoms with Crippen LogP contribution in [0.1, 0.15) is 10.6 Å². The molecule has 6 heteroatoms. The summed E-state index contributed by atoms with van der Waals surface area (Å²) in [5.74, 6) is 0.0805. The van der Waals surface area contributed by atoms with Crippen molar-refractivity contribution >= 4 is 22.8 Å². The van der Waals surface area contributed by atoms with E-state index < -0.39 is 5.91 Å². The van der Waals surface area contributed by atoms with Gasteiger partial charge in [0.15, 0.2) is 5.65 Å². The van der Waals surface area contributed by atoms with Crippen LogP contribution in [-0.2, 0) is 0 Å². The number of amides is 1. The minimum atomic E-state index is -0.414. The molecule has 0 atom stereocenters. The number of rotatable bonds is 3. The average molecular weight is 327 g/mol. The Bertz CT molecular complexity index is 1030. The summed E-state index contributed by atoms with van der Waals surface area (Å²) in [6, 6.07) is 17.1. The molecule has 3 aromatic heterocycles. The van der Waals surface area contributed by atoms with Gasteiger partial charge < -0.3 is 5.32 Å². The number of aromatic nitrogens is 4. The Morgan fingerprint density at radius 1 is 0.800 bits per heavy atom. The maximum atomic E-state index is 12.3. The van der Waals surface area contributed by atoms with Crippen LogP contribution in [0.3, 0.4) is 0 Å². The predicted molar refractivity (Wildman–Crippen MR) is 95.0 cm³/mol. The molecule has 0 saturated heterocycles. The maximum absolute atomic E-state index is 12.3. The first-order valence-corrected chi connectivity index (χ1v) is 7.70. The molecule has 6 nitrogen and oxygen atoms in total. The van der Waals surface area contributed by atoms with Crippen molar-refractivity contribution in [3.05, 3.63) is 79.0 Å². The number of nitrogens with one attached hydrogen (secondary N) is 1. The van der Waals surface area contributed by atoms with Crippen molar-refractivity contribution in [2.24, 2.45) is 0 Å². The fourth-order valence-corrected chi connectivity index (χ4v) is 2.42. The molecule has 4 aromatic rings. The van der Waals surface area contributed by atoms with Crippen LogP contribution < -0.4 is 5.32 Å². The average Bonchev–Trinajstić information content (AvgIpc) is 2.69. The Morgan fingerprint density at radius 3 is 2.40 bits per heavy atom. The minimum absolute atomic E-state index is 0.0857. The van der Waals surface area contributed by atoms with Crippen LogP contribution in [0, 0.1) is 0 Å². The fourth-order valence-electron chi connectivity index (χ4n) is 2.42. The number of nitrogens with zero attached hydrogens (tertiary/aromatic N) is 4. The Hall–Kier alpha value is -3.67. The number of anilines is 1. The minimum Gasteiger partial charge on any atom is -0.304 e. The van der Waals surface area contributed by atoms with Crippen molar-refractivity contribution in [2.75, 3.05) is 5.32 Å². The Morgan fingerprint density at radius 2 is 1.60 bits per heavy atom. The third kappa shape index (κ3) is 3.18. The fraction of sp³-hybridized carbons (Fsp3) is 0. The third-order valence-electron chi connectivity index (χ3n) is 3.67. The Kier molecular flexibility index (Phi) is 3.84. The van der Waals surface area contributed by atoms with E-state index in [0.717, 1.165) is 16.5 Å². The van der Waals surface area contributed by atoms with Gasteiger partial charge in [-0.25, -0.2) is 19.9 Å². The lowest BCUT2D eigenvalue weighted by atomic mass is 10.1. The highest BCUT2D eigenvalue weighted by Crippen LogP contribution is 2.17. The van der Waals surface area contributed by atoms with E-state index in [9.17, 15) is 4.79 Å². The second-order valence-electron chi connectivity index (χ2n) is 5.36. The van der Waals surface area contributed by atoms with E-state index in [4.69, 9.17) is 0 Å². The molecule has 0 spiro atoms. The molecule has 3 heterocycles. The Labute approximate surface area is 143 Å². The lowest BCUT2D eigenvalue weighted by Crippen LogP contribution is -2.16. The molecule has 0 aliphatic rings. The largest absolute Gasteiger partial charge is 0.304 e. The zero-order valence-electron chi connectivity index (χ0n) is 13.1. The smallest absolute Gasteiger partial charge is 0.294 e. The number of pyridine rings is 2. The topological polar surface area (TPSA) is 80.7 Å². The molecule has 0 aliphatic carbocycles. The van der Waals surface area contributed by atoms with Gasteiger partial charge in [-0.15, -0.1) is 0 Å². The SMILES string of the molecule is O=C(Nc1ccc2cccnc2n1)c1ncc(-c2ccccc2)cn1. The summed E-state index contributed by atoms with van der Waals surface area (Å²) in [6.45, 7) is 0. The van der Waals surface area contributed by atoms with Gasteiger partial charge in [-0.05, 0) is 29.8 Å². The summed E-state index contributed by atoms with van der Waals surface area (Å²) < 4.78 is 0. The third-order valence-corrected chi connectivity index (χ3v) is 3.67. The molecule has 120 valence electrons. The van der Waals surface area contributed by atoms with Gasteiger partial charge in [0.1, 0.15) is 5.82 Å². The van der Waals surface area contributed by atoms with Gasteiger partial charge in [0.25, 0.3) is 5.91 Å². The van der Waals surface area contributed by atoms with E-state index in [2.05, 4.69) is 25.3 Å². The van der Waals surface area contributed by atoms with E-state index in [1.165, 1.54) is 0 Å². The van der Waals surface area contributed by atoms with Crippen LogP contribution in [0.2, 0.25) is 0 Å². The van der Waals surface area contributed by atoms with Gasteiger partial charge >= 0.3 is 0 Å². The highest BCUT2D eigenvalue weighted by atomic mass is 16.2. The number of fused-ring (bicyclic) bond motifs is 1. The van der Waals surface area contributed by atoms with Gasteiger partial charge in [0, 0.05) is 29.5 Å². The second kappa shape index (κ2) is 6.45. The van der Waals surface area contributed by atoms with Crippen LogP contribution in [0.25, 0.3) is 22.2 Å². The molecule has 1 aromatic carbocycles. The lowest BCUT2D eigenvalue weighted by Gasteiger charge is -2.05. The molecule has 0 radical (unpaired) electrons. The van der Waals surface area contributed by atoms with E-state index in [1.54, 1.807) is 24.7 Å². The van der Waals surface area contributed by atoms with Crippen LogP contribution in [-0.4, -0.2) is 25.8 Å². The quantitative estimate of drug-likeness (QED) is 0.624. The number of benzene rings is 1. The first kappa shape index (κ1) is 14.9. The standard InChI is InChI=1S/C19H13N5O/c25-19(24-16-9-8-14-7-4-10-20-17(14)23-16)18-21-11-15(12-22-18)13-5-2-1-3-6-13/h1-12H,(H,20,23,24,25). The normalized spacial score (nSPS) is 10.6. The van der Waals surface area contributed by atoms with Gasteiger partial charge in [0.05, 0.1) is 0 Å². The molecule has 0 aliphatic heterocycles. The van der Waals surface area contributed by atoms with E-state index in [0.29, 0.717) is 11.5 Å². The number of hydrogen-bond donors (Lipinski definition) is 1. The number of carbonyl (C=O) groups excluding carboxylic acids is 1. The molecule has 0 fully saturated rings. The summed E-state index contributed by atoms with van der Waals surface area (Å²) >= 11 is 0. The van der Waals surface area contributed by atoms with Crippen molar-refractivity contribution in [1.29, 1.82) is 0 Å². The highest BCUT2D eigenvalue weighted by Gasteiger charge is 2.11. The predicted octanol–water partition coefficient (Wildman–Crippen LogP) is 3.34.